The average Bonchev–Trinajstić information content (AvgIpc) is 2.52. The molecule has 1 aliphatic heterocycles. The van der Waals surface area contributed by atoms with E-state index in [1.807, 2.05) is 35.1 Å². The van der Waals surface area contributed by atoms with Crippen molar-refractivity contribution >= 4 is 10.0 Å². The molecule has 1 aromatic rings. The van der Waals surface area contributed by atoms with E-state index in [9.17, 15) is 17.2 Å². The summed E-state index contributed by atoms with van der Waals surface area (Å²) in [6.07, 6.45) is 0.892. The van der Waals surface area contributed by atoms with Crippen LogP contribution in [0.2, 0.25) is 0 Å². The molecule has 0 unspecified atom stereocenters. The van der Waals surface area contributed by atoms with Crippen molar-refractivity contribution in [2.75, 3.05) is 19.3 Å². The molecule has 1 atom stereocenters. The third-order valence-electron chi connectivity index (χ3n) is 2.99. The minimum Gasteiger partial charge on any atom is -0.291 e. The number of likely N-dealkylation sites (tertiary alicyclic amines) is 1. The van der Waals surface area contributed by atoms with Crippen LogP contribution in [0.3, 0.4) is 0 Å². The van der Waals surface area contributed by atoms with Crippen LogP contribution < -0.4 is 4.72 Å². The van der Waals surface area contributed by atoms with Gasteiger partial charge in [0.15, 0.2) is 0 Å². The molecule has 0 aromatic heterocycles. The summed E-state index contributed by atoms with van der Waals surface area (Å²) in [5.41, 5.74) is 0.929. The second kappa shape index (κ2) is 5.15. The molecule has 1 aliphatic rings. The quantitative estimate of drug-likeness (QED) is 0.902. The van der Waals surface area contributed by atoms with E-state index in [4.69, 9.17) is 0 Å². The van der Waals surface area contributed by atoms with Crippen LogP contribution in [-0.2, 0) is 16.6 Å². The summed E-state index contributed by atoms with van der Waals surface area (Å²) < 4.78 is 51.6. The van der Waals surface area contributed by atoms with Crippen molar-refractivity contribution < 1.29 is 17.2 Å². The van der Waals surface area contributed by atoms with Crippen LogP contribution in [0.1, 0.15) is 5.56 Å². The molecule has 1 aromatic carbocycles. The SMILES string of the molecule is CS(=O)(=O)N[C@H]1CN(Cc2ccccc2)CC1(F)F. The second-order valence-electron chi connectivity index (χ2n) is 4.86. The average molecular weight is 290 g/mol. The molecule has 106 valence electrons. The summed E-state index contributed by atoms with van der Waals surface area (Å²) in [4.78, 5) is 1.55. The molecule has 0 bridgehead atoms. The zero-order valence-electron chi connectivity index (χ0n) is 10.5. The number of halogens is 2. The summed E-state index contributed by atoms with van der Waals surface area (Å²) >= 11 is 0. The van der Waals surface area contributed by atoms with Gasteiger partial charge >= 0.3 is 0 Å². The number of nitrogens with zero attached hydrogens (tertiary/aromatic N) is 1. The maximum atomic E-state index is 13.7. The molecule has 0 amide bonds. The molecule has 4 nitrogen and oxygen atoms in total. The molecule has 19 heavy (non-hydrogen) atoms. The Bertz CT molecular complexity index is 534. The van der Waals surface area contributed by atoms with E-state index in [-0.39, 0.29) is 6.54 Å². The van der Waals surface area contributed by atoms with E-state index in [0.29, 0.717) is 6.54 Å². The van der Waals surface area contributed by atoms with Crippen LogP contribution in [0.4, 0.5) is 8.78 Å². The maximum Gasteiger partial charge on any atom is 0.277 e. The molecule has 0 radical (unpaired) electrons. The van der Waals surface area contributed by atoms with Gasteiger partial charge in [-0.1, -0.05) is 30.3 Å². The van der Waals surface area contributed by atoms with Crippen molar-refractivity contribution in [1.82, 2.24) is 9.62 Å². The Kier molecular flexibility index (Phi) is 3.89. The Morgan fingerprint density at radius 1 is 1.37 bits per heavy atom. The third-order valence-corrected chi connectivity index (χ3v) is 3.70. The molecule has 0 saturated carbocycles. The summed E-state index contributed by atoms with van der Waals surface area (Å²) in [6, 6.07) is 7.90. The third kappa shape index (κ3) is 3.95. The standard InChI is InChI=1S/C12H16F2N2O2S/c1-19(17,18)15-11-8-16(9-12(11,13)14)7-10-5-3-2-4-6-10/h2-6,11,15H,7-9H2,1H3/t11-/m0/s1. The van der Waals surface area contributed by atoms with E-state index in [1.54, 1.807) is 4.90 Å². The molecule has 1 N–H and O–H groups in total. The van der Waals surface area contributed by atoms with Gasteiger partial charge in [0.05, 0.1) is 18.8 Å². The normalized spacial score (nSPS) is 23.6. The van der Waals surface area contributed by atoms with Crippen molar-refractivity contribution in [1.29, 1.82) is 0 Å². The van der Waals surface area contributed by atoms with E-state index >= 15 is 0 Å². The van der Waals surface area contributed by atoms with Gasteiger partial charge in [0.2, 0.25) is 10.0 Å². The van der Waals surface area contributed by atoms with E-state index in [1.165, 1.54) is 0 Å². The minimum atomic E-state index is -3.63. The predicted molar refractivity (Wildman–Crippen MR) is 68.4 cm³/mol. The van der Waals surface area contributed by atoms with Crippen molar-refractivity contribution in [3.63, 3.8) is 0 Å². The first kappa shape index (κ1) is 14.4. The van der Waals surface area contributed by atoms with Gasteiger partial charge in [-0.3, -0.25) is 4.90 Å². The number of hydrogen-bond acceptors (Lipinski definition) is 3. The number of hydrogen-bond donors (Lipinski definition) is 1. The number of rotatable bonds is 4. The molecule has 0 aliphatic carbocycles. The van der Waals surface area contributed by atoms with Crippen LogP contribution in [0, 0.1) is 0 Å². The molecule has 7 heteroatoms. The second-order valence-corrected chi connectivity index (χ2v) is 6.64. The first-order valence-corrected chi connectivity index (χ1v) is 7.77. The lowest BCUT2D eigenvalue weighted by molar-refractivity contribution is -0.00544. The van der Waals surface area contributed by atoms with E-state index < -0.39 is 28.5 Å². The fraction of sp³-hybridized carbons (Fsp3) is 0.500. The van der Waals surface area contributed by atoms with Gasteiger partial charge in [0.25, 0.3) is 5.92 Å². The summed E-state index contributed by atoms with van der Waals surface area (Å²) in [5, 5.41) is 0. The molecule has 2 rings (SSSR count). The van der Waals surface area contributed by atoms with Crippen molar-refractivity contribution in [3.8, 4) is 0 Å². The van der Waals surface area contributed by atoms with E-state index in [2.05, 4.69) is 0 Å². The Balaban J connectivity index is 2.04. The number of nitrogens with one attached hydrogen (secondary N) is 1. The van der Waals surface area contributed by atoms with Gasteiger partial charge in [-0.05, 0) is 5.56 Å². The van der Waals surface area contributed by atoms with Crippen molar-refractivity contribution in [3.05, 3.63) is 35.9 Å². The van der Waals surface area contributed by atoms with Gasteiger partial charge in [-0.25, -0.2) is 21.9 Å². The van der Waals surface area contributed by atoms with Crippen LogP contribution in [0.25, 0.3) is 0 Å². The first-order valence-electron chi connectivity index (χ1n) is 5.88. The van der Waals surface area contributed by atoms with Gasteiger partial charge in [-0.2, -0.15) is 0 Å². The molecule has 1 fully saturated rings. The highest BCUT2D eigenvalue weighted by Crippen LogP contribution is 2.29. The number of benzene rings is 1. The monoisotopic (exact) mass is 290 g/mol. The molecule has 1 heterocycles. The Labute approximate surface area is 111 Å². The summed E-state index contributed by atoms with van der Waals surface area (Å²) in [7, 11) is -3.63. The predicted octanol–water partition coefficient (Wildman–Crippen LogP) is 1.06. The van der Waals surface area contributed by atoms with Crippen LogP contribution in [0.15, 0.2) is 30.3 Å². The molecular formula is C12H16F2N2O2S. The van der Waals surface area contributed by atoms with Crippen LogP contribution in [0.5, 0.6) is 0 Å². The maximum absolute atomic E-state index is 13.7. The van der Waals surface area contributed by atoms with Gasteiger partial charge < -0.3 is 0 Å². The highest BCUT2D eigenvalue weighted by atomic mass is 32.2. The lowest BCUT2D eigenvalue weighted by Crippen LogP contribution is -2.46. The highest BCUT2D eigenvalue weighted by molar-refractivity contribution is 7.88. The van der Waals surface area contributed by atoms with Gasteiger partial charge in [0.1, 0.15) is 0 Å². The van der Waals surface area contributed by atoms with Crippen molar-refractivity contribution in [2.45, 2.75) is 18.5 Å². The zero-order chi connectivity index (χ0) is 14.1. The van der Waals surface area contributed by atoms with Crippen LogP contribution >= 0.6 is 0 Å². The van der Waals surface area contributed by atoms with Gasteiger partial charge in [-0.15, -0.1) is 0 Å². The Morgan fingerprint density at radius 3 is 2.58 bits per heavy atom. The molecular weight excluding hydrogens is 274 g/mol. The smallest absolute Gasteiger partial charge is 0.277 e. The summed E-state index contributed by atoms with van der Waals surface area (Å²) in [6.45, 7) is -0.0393. The minimum absolute atomic E-state index is 0.00889. The zero-order valence-corrected chi connectivity index (χ0v) is 11.3. The first-order chi connectivity index (χ1) is 8.76. The Morgan fingerprint density at radius 2 is 2.00 bits per heavy atom. The van der Waals surface area contributed by atoms with E-state index in [0.717, 1.165) is 11.8 Å². The molecule has 1 saturated heterocycles. The Hall–Kier alpha value is -1.05. The lowest BCUT2D eigenvalue weighted by Gasteiger charge is -2.17. The van der Waals surface area contributed by atoms with Gasteiger partial charge in [0, 0.05) is 13.1 Å². The fourth-order valence-corrected chi connectivity index (χ4v) is 2.97. The largest absolute Gasteiger partial charge is 0.291 e. The van der Waals surface area contributed by atoms with Crippen molar-refractivity contribution in [2.24, 2.45) is 0 Å². The lowest BCUT2D eigenvalue weighted by atomic mass is 10.2. The number of sulfonamides is 1. The highest BCUT2D eigenvalue weighted by Gasteiger charge is 2.48. The summed E-state index contributed by atoms with van der Waals surface area (Å²) in [5.74, 6) is -3.04. The number of alkyl halides is 2. The fourth-order valence-electron chi connectivity index (χ4n) is 2.21. The topological polar surface area (TPSA) is 49.4 Å². The van der Waals surface area contributed by atoms with Crippen LogP contribution in [-0.4, -0.2) is 44.6 Å². The molecule has 0 spiro atoms.